The van der Waals surface area contributed by atoms with Gasteiger partial charge in [-0.25, -0.2) is 0 Å². The van der Waals surface area contributed by atoms with E-state index in [9.17, 15) is 0 Å². The van der Waals surface area contributed by atoms with Crippen LogP contribution in [-0.2, 0) is 6.54 Å². The van der Waals surface area contributed by atoms with Gasteiger partial charge < -0.3 is 9.30 Å². The summed E-state index contributed by atoms with van der Waals surface area (Å²) < 4.78 is 7.46. The van der Waals surface area contributed by atoms with Crippen molar-refractivity contribution in [1.82, 2.24) is 14.8 Å². The summed E-state index contributed by atoms with van der Waals surface area (Å²) in [6.45, 7) is 2.75. The molecule has 0 radical (unpaired) electrons. The average molecular weight is 288 g/mol. The number of aryl methyl sites for hydroxylation is 1. The molecule has 0 aliphatic rings. The van der Waals surface area contributed by atoms with Crippen molar-refractivity contribution in [3.63, 3.8) is 0 Å². The molecular weight excluding hydrogens is 274 g/mol. The molecule has 0 atom stereocenters. The van der Waals surface area contributed by atoms with Gasteiger partial charge in [0.2, 0.25) is 0 Å². The van der Waals surface area contributed by atoms with Gasteiger partial charge in [0, 0.05) is 16.6 Å². The standard InChI is InChI=1S/C15H14ClN3O/c1-10-7-11-8-13(20-2)4-5-14(11)19(10)9-12-3-6-15(16)18-17-12/h3-8H,9H2,1-2H3. The molecule has 1 aromatic carbocycles. The number of hydrogen-bond donors (Lipinski definition) is 0. The Morgan fingerprint density at radius 3 is 2.70 bits per heavy atom. The van der Waals surface area contributed by atoms with Crippen LogP contribution in [0.4, 0.5) is 0 Å². The Hall–Kier alpha value is -2.07. The number of fused-ring (bicyclic) bond motifs is 1. The van der Waals surface area contributed by atoms with E-state index in [1.165, 1.54) is 5.69 Å². The summed E-state index contributed by atoms with van der Waals surface area (Å²) >= 11 is 5.76. The number of hydrogen-bond acceptors (Lipinski definition) is 3. The third-order valence-electron chi connectivity index (χ3n) is 3.32. The number of rotatable bonds is 3. The highest BCUT2D eigenvalue weighted by molar-refractivity contribution is 6.29. The average Bonchev–Trinajstić information content (AvgIpc) is 2.76. The predicted molar refractivity (Wildman–Crippen MR) is 79.4 cm³/mol. The predicted octanol–water partition coefficient (Wildman–Crippen LogP) is 3.45. The van der Waals surface area contributed by atoms with Gasteiger partial charge in [0.15, 0.2) is 5.15 Å². The Balaban J connectivity index is 2.02. The summed E-state index contributed by atoms with van der Waals surface area (Å²) in [6, 6.07) is 11.8. The summed E-state index contributed by atoms with van der Waals surface area (Å²) in [5.41, 5.74) is 3.20. The second kappa shape index (κ2) is 5.13. The SMILES string of the molecule is COc1ccc2c(c1)cc(C)n2Cc1ccc(Cl)nn1. The second-order valence-electron chi connectivity index (χ2n) is 4.64. The van der Waals surface area contributed by atoms with E-state index in [-0.39, 0.29) is 0 Å². The van der Waals surface area contributed by atoms with Crippen LogP contribution in [0, 0.1) is 6.92 Å². The number of aromatic nitrogens is 3. The molecule has 0 N–H and O–H groups in total. The van der Waals surface area contributed by atoms with E-state index in [0.29, 0.717) is 11.7 Å². The van der Waals surface area contributed by atoms with Crippen LogP contribution >= 0.6 is 11.6 Å². The summed E-state index contributed by atoms with van der Waals surface area (Å²) in [6.07, 6.45) is 0. The highest BCUT2D eigenvalue weighted by atomic mass is 35.5. The molecule has 0 saturated carbocycles. The zero-order chi connectivity index (χ0) is 14.1. The highest BCUT2D eigenvalue weighted by Gasteiger charge is 2.08. The fourth-order valence-corrected chi connectivity index (χ4v) is 2.41. The lowest BCUT2D eigenvalue weighted by molar-refractivity contribution is 0.415. The first-order valence-electron chi connectivity index (χ1n) is 6.29. The summed E-state index contributed by atoms with van der Waals surface area (Å²) in [5, 5.41) is 9.55. The monoisotopic (exact) mass is 287 g/mol. The number of nitrogens with zero attached hydrogens (tertiary/aromatic N) is 3. The van der Waals surface area contributed by atoms with Crippen molar-refractivity contribution in [3.8, 4) is 5.75 Å². The molecule has 2 aromatic heterocycles. The van der Waals surface area contributed by atoms with Gasteiger partial charge in [-0.2, -0.15) is 5.10 Å². The Morgan fingerprint density at radius 1 is 1.15 bits per heavy atom. The first-order valence-corrected chi connectivity index (χ1v) is 6.67. The summed E-state index contributed by atoms with van der Waals surface area (Å²) in [5.74, 6) is 0.862. The Bertz CT molecular complexity index is 750. The van der Waals surface area contributed by atoms with Gasteiger partial charge in [0.1, 0.15) is 5.75 Å². The normalized spacial score (nSPS) is 10.9. The van der Waals surface area contributed by atoms with Gasteiger partial charge in [0.05, 0.1) is 19.3 Å². The van der Waals surface area contributed by atoms with Crippen molar-refractivity contribution < 1.29 is 4.74 Å². The minimum atomic E-state index is 0.410. The number of benzene rings is 1. The maximum atomic E-state index is 5.76. The number of ether oxygens (including phenoxy) is 1. The minimum absolute atomic E-state index is 0.410. The van der Waals surface area contributed by atoms with E-state index in [2.05, 4.69) is 33.8 Å². The van der Waals surface area contributed by atoms with Crippen LogP contribution in [-0.4, -0.2) is 21.9 Å². The first-order chi connectivity index (χ1) is 9.67. The van der Waals surface area contributed by atoms with Crippen molar-refractivity contribution in [2.75, 3.05) is 7.11 Å². The third kappa shape index (κ3) is 2.34. The molecule has 2 heterocycles. The topological polar surface area (TPSA) is 39.9 Å². The van der Waals surface area contributed by atoms with Crippen LogP contribution in [0.25, 0.3) is 10.9 Å². The van der Waals surface area contributed by atoms with Crippen molar-refractivity contribution in [3.05, 3.63) is 52.9 Å². The van der Waals surface area contributed by atoms with Crippen molar-refractivity contribution >= 4 is 22.5 Å². The molecule has 20 heavy (non-hydrogen) atoms. The van der Waals surface area contributed by atoms with Crippen LogP contribution in [0.1, 0.15) is 11.4 Å². The second-order valence-corrected chi connectivity index (χ2v) is 5.03. The third-order valence-corrected chi connectivity index (χ3v) is 3.52. The molecule has 5 heteroatoms. The van der Waals surface area contributed by atoms with Crippen LogP contribution < -0.4 is 4.74 Å². The van der Waals surface area contributed by atoms with Gasteiger partial charge >= 0.3 is 0 Å². The summed E-state index contributed by atoms with van der Waals surface area (Å²) in [4.78, 5) is 0. The molecule has 3 rings (SSSR count). The summed E-state index contributed by atoms with van der Waals surface area (Å²) in [7, 11) is 1.67. The van der Waals surface area contributed by atoms with Gasteiger partial charge in [0.25, 0.3) is 0 Å². The lowest BCUT2D eigenvalue weighted by Gasteiger charge is -2.08. The van der Waals surface area contributed by atoms with Crippen molar-refractivity contribution in [2.45, 2.75) is 13.5 Å². The molecule has 0 aliphatic heterocycles. The van der Waals surface area contributed by atoms with E-state index in [0.717, 1.165) is 22.3 Å². The highest BCUT2D eigenvalue weighted by Crippen LogP contribution is 2.25. The van der Waals surface area contributed by atoms with E-state index in [4.69, 9.17) is 16.3 Å². The fraction of sp³-hybridized carbons (Fsp3) is 0.200. The molecule has 4 nitrogen and oxygen atoms in total. The Labute approximate surface area is 122 Å². The van der Waals surface area contributed by atoms with E-state index in [1.54, 1.807) is 13.2 Å². The maximum absolute atomic E-state index is 5.76. The Morgan fingerprint density at radius 2 is 2.00 bits per heavy atom. The fourth-order valence-electron chi connectivity index (χ4n) is 2.31. The van der Waals surface area contributed by atoms with Gasteiger partial charge in [-0.1, -0.05) is 11.6 Å². The molecule has 0 bridgehead atoms. The Kier molecular flexibility index (Phi) is 3.32. The lowest BCUT2D eigenvalue weighted by atomic mass is 10.2. The van der Waals surface area contributed by atoms with Crippen LogP contribution in [0.5, 0.6) is 5.75 Å². The van der Waals surface area contributed by atoms with E-state index >= 15 is 0 Å². The number of methoxy groups -OCH3 is 1. The zero-order valence-electron chi connectivity index (χ0n) is 11.3. The van der Waals surface area contributed by atoms with Crippen molar-refractivity contribution in [2.24, 2.45) is 0 Å². The zero-order valence-corrected chi connectivity index (χ0v) is 12.1. The largest absolute Gasteiger partial charge is 0.497 e. The van der Waals surface area contributed by atoms with Gasteiger partial charge in [-0.05, 0) is 43.3 Å². The van der Waals surface area contributed by atoms with Gasteiger partial charge in [-0.15, -0.1) is 5.10 Å². The molecular formula is C15H14ClN3O. The molecule has 0 fully saturated rings. The first kappa shape index (κ1) is 12.9. The minimum Gasteiger partial charge on any atom is -0.497 e. The van der Waals surface area contributed by atoms with E-state index < -0.39 is 0 Å². The lowest BCUT2D eigenvalue weighted by Crippen LogP contribution is -2.04. The molecule has 102 valence electrons. The molecule has 0 unspecified atom stereocenters. The molecule has 0 spiro atoms. The van der Waals surface area contributed by atoms with Crippen LogP contribution in [0.2, 0.25) is 5.15 Å². The van der Waals surface area contributed by atoms with Gasteiger partial charge in [-0.3, -0.25) is 0 Å². The van der Waals surface area contributed by atoms with Crippen LogP contribution in [0.15, 0.2) is 36.4 Å². The van der Waals surface area contributed by atoms with Crippen LogP contribution in [0.3, 0.4) is 0 Å². The molecule has 3 aromatic rings. The molecule has 0 amide bonds. The molecule has 0 aliphatic carbocycles. The van der Waals surface area contributed by atoms with Crippen molar-refractivity contribution in [1.29, 1.82) is 0 Å². The number of halogens is 1. The van der Waals surface area contributed by atoms with E-state index in [1.807, 2.05) is 18.2 Å². The smallest absolute Gasteiger partial charge is 0.151 e. The maximum Gasteiger partial charge on any atom is 0.151 e. The molecule has 0 saturated heterocycles. The quantitative estimate of drug-likeness (QED) is 0.741.